The molecule has 24 heavy (non-hydrogen) atoms. The highest BCUT2D eigenvalue weighted by Gasteiger charge is 2.04. The Morgan fingerprint density at radius 3 is 2.67 bits per heavy atom. The first kappa shape index (κ1) is 18.3. The molecule has 0 saturated heterocycles. The molecule has 0 aliphatic rings. The Hall–Kier alpha value is -2.04. The van der Waals surface area contributed by atoms with Crippen molar-refractivity contribution in [2.75, 3.05) is 20.1 Å². The van der Waals surface area contributed by atoms with Gasteiger partial charge in [-0.3, -0.25) is 4.79 Å². The molecule has 2 rings (SSSR count). The fourth-order valence-corrected chi connectivity index (χ4v) is 2.49. The number of halogens is 1. The molecule has 128 valence electrons. The molecule has 0 aliphatic carbocycles. The van der Waals surface area contributed by atoms with Crippen molar-refractivity contribution >= 4 is 17.5 Å². The molecule has 2 N–H and O–H groups in total. The Morgan fingerprint density at radius 2 is 1.88 bits per heavy atom. The van der Waals surface area contributed by atoms with Crippen LogP contribution in [0, 0.1) is 0 Å². The van der Waals surface area contributed by atoms with Gasteiger partial charge in [-0.15, -0.1) is 0 Å². The van der Waals surface area contributed by atoms with Crippen LogP contribution in [0.2, 0.25) is 5.02 Å². The van der Waals surface area contributed by atoms with Crippen molar-refractivity contribution < 1.29 is 9.53 Å². The van der Waals surface area contributed by atoms with E-state index >= 15 is 0 Å². The third-order valence-electron chi connectivity index (χ3n) is 3.48. The highest BCUT2D eigenvalue weighted by atomic mass is 35.5. The molecule has 2 aromatic rings. The number of carbonyl (C=O) groups is 1. The molecule has 0 unspecified atom stereocenters. The molecule has 0 aromatic heterocycles. The van der Waals surface area contributed by atoms with Crippen LogP contribution in [-0.2, 0) is 17.8 Å². The van der Waals surface area contributed by atoms with Gasteiger partial charge >= 0.3 is 0 Å². The summed E-state index contributed by atoms with van der Waals surface area (Å²) in [6.45, 7) is 2.03. The summed E-state index contributed by atoms with van der Waals surface area (Å²) in [6.07, 6.45) is 1.28. The second-order valence-corrected chi connectivity index (χ2v) is 5.99. The van der Waals surface area contributed by atoms with E-state index in [0.717, 1.165) is 29.8 Å². The molecule has 2 aromatic carbocycles. The van der Waals surface area contributed by atoms with Crippen LogP contribution < -0.4 is 15.4 Å². The average Bonchev–Trinajstić information content (AvgIpc) is 2.57. The Bertz CT molecular complexity index is 661. The molecule has 0 spiro atoms. The predicted octanol–water partition coefficient (Wildman–Crippen LogP) is 3.19. The second-order valence-electron chi connectivity index (χ2n) is 5.55. The van der Waals surface area contributed by atoms with E-state index in [1.54, 1.807) is 0 Å². The van der Waals surface area contributed by atoms with Crippen molar-refractivity contribution in [2.24, 2.45) is 0 Å². The third-order valence-corrected chi connectivity index (χ3v) is 3.72. The first-order chi connectivity index (χ1) is 11.7. The van der Waals surface area contributed by atoms with Gasteiger partial charge in [-0.1, -0.05) is 35.9 Å². The lowest BCUT2D eigenvalue weighted by molar-refractivity contribution is -0.120. The van der Waals surface area contributed by atoms with Crippen LogP contribution >= 0.6 is 11.6 Å². The topological polar surface area (TPSA) is 50.4 Å². The molecular formula is C19H23ClN2O2. The molecule has 0 heterocycles. The minimum Gasteiger partial charge on any atom is -0.489 e. The Balaban J connectivity index is 1.83. The number of nitrogens with one attached hydrogen (secondary N) is 2. The van der Waals surface area contributed by atoms with Crippen molar-refractivity contribution in [1.82, 2.24) is 10.6 Å². The standard InChI is InChI=1S/C19H23ClN2O2/c1-21-9-4-10-22-19(23)13-15-5-3-8-18(12-15)24-14-16-6-2-7-17(20)11-16/h2-3,5-8,11-12,21H,4,9-10,13-14H2,1H3,(H,22,23). The lowest BCUT2D eigenvalue weighted by Gasteiger charge is -2.09. The summed E-state index contributed by atoms with van der Waals surface area (Å²) in [5, 5.41) is 6.66. The maximum Gasteiger partial charge on any atom is 0.224 e. The smallest absolute Gasteiger partial charge is 0.224 e. The van der Waals surface area contributed by atoms with E-state index in [1.807, 2.05) is 55.6 Å². The number of benzene rings is 2. The van der Waals surface area contributed by atoms with E-state index in [1.165, 1.54) is 0 Å². The predicted molar refractivity (Wildman–Crippen MR) is 97.5 cm³/mol. The number of hydrogen-bond donors (Lipinski definition) is 2. The van der Waals surface area contributed by atoms with Gasteiger partial charge in [0, 0.05) is 11.6 Å². The molecule has 0 bridgehead atoms. The van der Waals surface area contributed by atoms with Gasteiger partial charge in [-0.05, 0) is 55.4 Å². The summed E-state index contributed by atoms with van der Waals surface area (Å²) in [4.78, 5) is 11.9. The molecule has 0 fully saturated rings. The monoisotopic (exact) mass is 346 g/mol. The molecule has 5 heteroatoms. The molecule has 0 radical (unpaired) electrons. The average molecular weight is 347 g/mol. The lowest BCUT2D eigenvalue weighted by atomic mass is 10.1. The van der Waals surface area contributed by atoms with Crippen LogP contribution in [0.4, 0.5) is 0 Å². The van der Waals surface area contributed by atoms with Crippen molar-refractivity contribution in [1.29, 1.82) is 0 Å². The van der Waals surface area contributed by atoms with E-state index in [4.69, 9.17) is 16.3 Å². The molecular weight excluding hydrogens is 324 g/mol. The SMILES string of the molecule is CNCCCNC(=O)Cc1cccc(OCc2cccc(Cl)c2)c1. The number of ether oxygens (including phenoxy) is 1. The summed E-state index contributed by atoms with van der Waals surface area (Å²) in [7, 11) is 1.90. The molecule has 1 amide bonds. The van der Waals surface area contributed by atoms with Crippen molar-refractivity contribution in [2.45, 2.75) is 19.4 Å². The van der Waals surface area contributed by atoms with Gasteiger partial charge in [0.05, 0.1) is 6.42 Å². The number of hydrogen-bond acceptors (Lipinski definition) is 3. The summed E-state index contributed by atoms with van der Waals surface area (Å²) >= 11 is 5.97. The van der Waals surface area contributed by atoms with Crippen LogP contribution in [0.3, 0.4) is 0 Å². The summed E-state index contributed by atoms with van der Waals surface area (Å²) in [5.41, 5.74) is 1.94. The van der Waals surface area contributed by atoms with Gasteiger partial charge in [0.15, 0.2) is 0 Å². The van der Waals surface area contributed by atoms with Crippen LogP contribution in [0.1, 0.15) is 17.5 Å². The van der Waals surface area contributed by atoms with E-state index in [-0.39, 0.29) is 5.91 Å². The number of amides is 1. The first-order valence-corrected chi connectivity index (χ1v) is 8.42. The van der Waals surface area contributed by atoms with E-state index in [2.05, 4.69) is 10.6 Å². The van der Waals surface area contributed by atoms with Crippen molar-refractivity contribution in [3.8, 4) is 5.75 Å². The number of carbonyl (C=O) groups excluding carboxylic acids is 1. The minimum atomic E-state index is 0.0260. The lowest BCUT2D eigenvalue weighted by Crippen LogP contribution is -2.27. The van der Waals surface area contributed by atoms with Gasteiger partial charge in [-0.25, -0.2) is 0 Å². The van der Waals surface area contributed by atoms with Crippen LogP contribution in [-0.4, -0.2) is 26.0 Å². The largest absolute Gasteiger partial charge is 0.489 e. The summed E-state index contributed by atoms with van der Waals surface area (Å²) < 4.78 is 5.78. The highest BCUT2D eigenvalue weighted by molar-refractivity contribution is 6.30. The maximum atomic E-state index is 11.9. The van der Waals surface area contributed by atoms with Crippen molar-refractivity contribution in [3.63, 3.8) is 0 Å². The Kier molecular flexibility index (Phi) is 7.59. The highest BCUT2D eigenvalue weighted by Crippen LogP contribution is 2.17. The first-order valence-electron chi connectivity index (χ1n) is 8.05. The van der Waals surface area contributed by atoms with Crippen molar-refractivity contribution in [3.05, 3.63) is 64.7 Å². The van der Waals surface area contributed by atoms with Gasteiger partial charge in [0.25, 0.3) is 0 Å². The summed E-state index contributed by atoms with van der Waals surface area (Å²) in [5.74, 6) is 0.772. The van der Waals surface area contributed by atoms with Gasteiger partial charge in [-0.2, -0.15) is 0 Å². The fourth-order valence-electron chi connectivity index (χ4n) is 2.28. The van der Waals surface area contributed by atoms with E-state index < -0.39 is 0 Å². The quantitative estimate of drug-likeness (QED) is 0.686. The molecule has 4 nitrogen and oxygen atoms in total. The third kappa shape index (κ3) is 6.60. The fraction of sp³-hybridized carbons (Fsp3) is 0.316. The van der Waals surface area contributed by atoms with Crippen LogP contribution in [0.25, 0.3) is 0 Å². The molecule has 0 saturated carbocycles. The zero-order chi connectivity index (χ0) is 17.2. The zero-order valence-electron chi connectivity index (χ0n) is 13.8. The minimum absolute atomic E-state index is 0.0260. The normalized spacial score (nSPS) is 10.4. The van der Waals surface area contributed by atoms with Gasteiger partial charge in [0.1, 0.15) is 12.4 Å². The maximum absolute atomic E-state index is 11.9. The van der Waals surface area contributed by atoms with Gasteiger partial charge in [0.2, 0.25) is 5.91 Å². The van der Waals surface area contributed by atoms with E-state index in [9.17, 15) is 4.79 Å². The molecule has 0 aliphatic heterocycles. The van der Waals surface area contributed by atoms with E-state index in [0.29, 0.717) is 24.6 Å². The zero-order valence-corrected chi connectivity index (χ0v) is 14.6. The molecule has 0 atom stereocenters. The Morgan fingerprint density at radius 1 is 1.08 bits per heavy atom. The second kappa shape index (κ2) is 9.96. The summed E-state index contributed by atoms with van der Waals surface area (Å²) in [6, 6.07) is 15.2. The van der Waals surface area contributed by atoms with Crippen LogP contribution in [0.5, 0.6) is 5.75 Å². The Labute approximate surface area is 148 Å². The number of rotatable bonds is 9. The van der Waals surface area contributed by atoms with Crippen LogP contribution in [0.15, 0.2) is 48.5 Å². The van der Waals surface area contributed by atoms with Gasteiger partial charge < -0.3 is 15.4 Å².